The van der Waals surface area contributed by atoms with Crippen LogP contribution in [0.15, 0.2) is 47.4 Å². The van der Waals surface area contributed by atoms with Crippen molar-refractivity contribution in [3.05, 3.63) is 52.9 Å². The second-order valence-corrected chi connectivity index (χ2v) is 10.8. The molecule has 0 radical (unpaired) electrons. The van der Waals surface area contributed by atoms with E-state index >= 15 is 0 Å². The molecular weight excluding hydrogens is 394 g/mol. The van der Waals surface area contributed by atoms with Crippen LogP contribution in [0.1, 0.15) is 13.3 Å². The van der Waals surface area contributed by atoms with Crippen LogP contribution in [0.25, 0.3) is 11.1 Å². The van der Waals surface area contributed by atoms with Crippen molar-refractivity contribution in [2.45, 2.75) is 13.3 Å². The molecule has 1 unspecified atom stereocenters. The maximum Gasteiger partial charge on any atom is 0.258 e. The van der Waals surface area contributed by atoms with E-state index in [-0.39, 0.29) is 28.9 Å². The van der Waals surface area contributed by atoms with E-state index in [1.807, 2.05) is 48.2 Å². The first-order valence-corrected chi connectivity index (χ1v) is 12.5. The maximum absolute atomic E-state index is 12.2. The normalized spacial score (nSPS) is 20.1. The van der Waals surface area contributed by atoms with E-state index in [9.17, 15) is 13.2 Å². The first kappa shape index (κ1) is 21.0. The van der Waals surface area contributed by atoms with Gasteiger partial charge < -0.3 is 9.30 Å². The Morgan fingerprint density at radius 1 is 1.18 bits per heavy atom. The lowest BCUT2D eigenvalue weighted by Gasteiger charge is -2.30. The molecule has 2 aromatic rings. The summed E-state index contributed by atoms with van der Waals surface area (Å²) in [5.74, 6) is 3.55. The number of ether oxygens (including phenoxy) is 1. The van der Waals surface area contributed by atoms with Crippen molar-refractivity contribution in [1.29, 1.82) is 0 Å². The number of thioether (sulfide) groups is 1. The monoisotopic (exact) mass is 421 g/mol. The SMILES string of the molecule is CCS(=O)(=O)CC1CCSC[C@@H]1COc1ccc(-c2cccn(C)c2=O)cc1. The highest BCUT2D eigenvalue weighted by atomic mass is 32.2. The van der Waals surface area contributed by atoms with E-state index in [1.54, 1.807) is 24.7 Å². The molecule has 5 nitrogen and oxygen atoms in total. The van der Waals surface area contributed by atoms with Gasteiger partial charge in [-0.3, -0.25) is 4.79 Å². The van der Waals surface area contributed by atoms with E-state index in [0.29, 0.717) is 12.2 Å². The average molecular weight is 422 g/mol. The molecule has 1 aromatic carbocycles. The number of nitrogens with zero attached hydrogens (tertiary/aromatic N) is 1. The van der Waals surface area contributed by atoms with Crippen LogP contribution in [0.4, 0.5) is 0 Å². The molecule has 0 spiro atoms. The van der Waals surface area contributed by atoms with Crippen LogP contribution >= 0.6 is 11.8 Å². The fourth-order valence-electron chi connectivity index (χ4n) is 3.44. The maximum atomic E-state index is 12.2. The zero-order valence-corrected chi connectivity index (χ0v) is 18.0. The highest BCUT2D eigenvalue weighted by Gasteiger charge is 2.29. The van der Waals surface area contributed by atoms with Crippen LogP contribution in [-0.4, -0.2) is 42.6 Å². The smallest absolute Gasteiger partial charge is 0.258 e. The third-order valence-corrected chi connectivity index (χ3v) is 8.30. The molecule has 0 saturated carbocycles. The van der Waals surface area contributed by atoms with E-state index in [2.05, 4.69) is 0 Å². The molecule has 1 aliphatic heterocycles. The van der Waals surface area contributed by atoms with E-state index in [4.69, 9.17) is 4.74 Å². The van der Waals surface area contributed by atoms with Crippen molar-refractivity contribution in [3.63, 3.8) is 0 Å². The number of hydrogen-bond acceptors (Lipinski definition) is 5. The molecule has 3 rings (SSSR count). The van der Waals surface area contributed by atoms with Crippen LogP contribution < -0.4 is 10.3 Å². The van der Waals surface area contributed by atoms with Gasteiger partial charge in [0.25, 0.3) is 5.56 Å². The lowest BCUT2D eigenvalue weighted by molar-refractivity contribution is 0.214. The Morgan fingerprint density at radius 3 is 2.64 bits per heavy atom. The Bertz CT molecular complexity index is 951. The van der Waals surface area contributed by atoms with Gasteiger partial charge in [-0.15, -0.1) is 0 Å². The van der Waals surface area contributed by atoms with Gasteiger partial charge in [-0.1, -0.05) is 19.1 Å². The van der Waals surface area contributed by atoms with Crippen molar-refractivity contribution in [3.8, 4) is 16.9 Å². The molecule has 2 atom stereocenters. The minimum Gasteiger partial charge on any atom is -0.493 e. The number of aryl methyl sites for hydroxylation is 1. The van der Waals surface area contributed by atoms with Crippen molar-refractivity contribution in [2.24, 2.45) is 18.9 Å². The summed E-state index contributed by atoms with van der Waals surface area (Å²) in [5, 5.41) is 0. The van der Waals surface area contributed by atoms with Gasteiger partial charge in [-0.25, -0.2) is 8.42 Å². The molecule has 7 heteroatoms. The Labute approximate surface area is 171 Å². The van der Waals surface area contributed by atoms with Gasteiger partial charge >= 0.3 is 0 Å². The van der Waals surface area contributed by atoms with Gasteiger partial charge in [0.15, 0.2) is 0 Å². The minimum atomic E-state index is -2.98. The largest absolute Gasteiger partial charge is 0.493 e. The van der Waals surface area contributed by atoms with Crippen LogP contribution in [0.2, 0.25) is 0 Å². The highest BCUT2D eigenvalue weighted by molar-refractivity contribution is 7.99. The fraction of sp³-hybridized carbons (Fsp3) is 0.476. The number of rotatable bonds is 7. The number of benzene rings is 1. The third-order valence-electron chi connectivity index (χ3n) is 5.29. The average Bonchev–Trinajstić information content (AvgIpc) is 2.70. The standard InChI is InChI=1S/C21H27NO4S2/c1-3-28(24,25)15-17-10-12-27-14-18(17)13-26-19-8-6-16(7-9-19)20-5-4-11-22(2)21(20)23/h4-9,11,17-18H,3,10,12-15H2,1-2H3/t17?,18-/m0/s1. The number of pyridine rings is 1. The lowest BCUT2D eigenvalue weighted by atomic mass is 9.93. The van der Waals surface area contributed by atoms with Crippen molar-refractivity contribution in [2.75, 3.05) is 29.6 Å². The first-order valence-electron chi connectivity index (χ1n) is 9.56. The molecule has 1 fully saturated rings. The summed E-state index contributed by atoms with van der Waals surface area (Å²) in [6.07, 6.45) is 2.66. The Morgan fingerprint density at radius 2 is 1.93 bits per heavy atom. The van der Waals surface area contributed by atoms with Crippen LogP contribution in [0, 0.1) is 11.8 Å². The number of hydrogen-bond donors (Lipinski definition) is 0. The lowest BCUT2D eigenvalue weighted by Crippen LogP contribution is -2.33. The van der Waals surface area contributed by atoms with Gasteiger partial charge in [-0.2, -0.15) is 11.8 Å². The number of sulfone groups is 1. The topological polar surface area (TPSA) is 65.4 Å². The van der Waals surface area contributed by atoms with E-state index < -0.39 is 9.84 Å². The first-order chi connectivity index (χ1) is 13.4. The molecule has 1 aliphatic rings. The second-order valence-electron chi connectivity index (χ2n) is 7.26. The van der Waals surface area contributed by atoms with Crippen molar-refractivity contribution < 1.29 is 13.2 Å². The summed E-state index contributed by atoms with van der Waals surface area (Å²) in [7, 11) is -1.24. The van der Waals surface area contributed by atoms with Crippen molar-refractivity contribution in [1.82, 2.24) is 4.57 Å². The molecule has 1 aromatic heterocycles. The molecule has 1 saturated heterocycles. The third kappa shape index (κ3) is 5.20. The Kier molecular flexibility index (Phi) is 6.88. The van der Waals surface area contributed by atoms with Crippen LogP contribution in [0.5, 0.6) is 5.75 Å². The molecule has 2 heterocycles. The van der Waals surface area contributed by atoms with Gasteiger partial charge in [0, 0.05) is 30.5 Å². The predicted octanol–water partition coefficient (Wildman–Crippen LogP) is 3.24. The minimum absolute atomic E-state index is 0.0321. The summed E-state index contributed by atoms with van der Waals surface area (Å²) in [6, 6.07) is 11.2. The zero-order valence-electron chi connectivity index (χ0n) is 16.3. The molecular formula is C21H27NO4S2. The van der Waals surface area contributed by atoms with Crippen molar-refractivity contribution >= 4 is 21.6 Å². The second kappa shape index (κ2) is 9.18. The van der Waals surface area contributed by atoms with Gasteiger partial charge in [-0.05, 0) is 53.7 Å². The van der Waals surface area contributed by atoms with Crippen LogP contribution in [-0.2, 0) is 16.9 Å². The molecule has 0 bridgehead atoms. The summed E-state index contributed by atoms with van der Waals surface area (Å²) >= 11 is 1.87. The quantitative estimate of drug-likeness (QED) is 0.687. The van der Waals surface area contributed by atoms with Gasteiger partial charge in [0.2, 0.25) is 0 Å². The predicted molar refractivity (Wildman–Crippen MR) is 116 cm³/mol. The molecule has 152 valence electrons. The summed E-state index contributed by atoms with van der Waals surface area (Å²) in [4.78, 5) is 12.2. The zero-order chi connectivity index (χ0) is 20.1. The molecule has 0 aliphatic carbocycles. The molecule has 0 amide bonds. The highest BCUT2D eigenvalue weighted by Crippen LogP contribution is 2.31. The van der Waals surface area contributed by atoms with Crippen LogP contribution in [0.3, 0.4) is 0 Å². The van der Waals surface area contributed by atoms with Gasteiger partial charge in [0.05, 0.1) is 12.4 Å². The Hall–Kier alpha value is -1.73. The number of aromatic nitrogens is 1. The summed E-state index contributed by atoms with van der Waals surface area (Å²) < 4.78 is 31.6. The fourth-order valence-corrected chi connectivity index (χ4v) is 6.07. The van der Waals surface area contributed by atoms with Gasteiger partial charge in [0.1, 0.15) is 15.6 Å². The van der Waals surface area contributed by atoms with E-state index in [1.165, 1.54) is 0 Å². The Balaban J connectivity index is 1.65. The summed E-state index contributed by atoms with van der Waals surface area (Å²) in [5.41, 5.74) is 1.48. The molecule has 0 N–H and O–H groups in total. The van der Waals surface area contributed by atoms with E-state index in [0.717, 1.165) is 29.2 Å². The summed E-state index contributed by atoms with van der Waals surface area (Å²) in [6.45, 7) is 2.23. The molecule has 28 heavy (non-hydrogen) atoms.